The van der Waals surface area contributed by atoms with Crippen LogP contribution in [0, 0.1) is 0 Å². The van der Waals surface area contributed by atoms with Crippen LogP contribution in [0.2, 0.25) is 0 Å². The lowest BCUT2D eigenvalue weighted by Crippen LogP contribution is -2.11. The van der Waals surface area contributed by atoms with Crippen molar-refractivity contribution in [2.24, 2.45) is 0 Å². The maximum Gasteiger partial charge on any atom is 0.208 e. The number of carbonyl (C=O) groups is 1. The first kappa shape index (κ1) is 22.2. The number of Topliss-reactive ketones (excluding diaryl/α,β-unsaturated/α-hetero) is 1. The lowest BCUT2D eigenvalue weighted by Gasteiger charge is -2.18. The van der Waals surface area contributed by atoms with E-state index >= 15 is 0 Å². The molecule has 0 radical (unpaired) electrons. The van der Waals surface area contributed by atoms with Crippen molar-refractivity contribution in [1.82, 2.24) is 0 Å². The van der Waals surface area contributed by atoms with Gasteiger partial charge in [-0.15, -0.1) is 0 Å². The summed E-state index contributed by atoms with van der Waals surface area (Å²) in [7, 11) is 9.60. The molecule has 0 aliphatic heterocycles. The lowest BCUT2D eigenvalue weighted by atomic mass is 10.0. The number of nitrogen functional groups attached to an aromatic ring is 1. The highest BCUT2D eigenvalue weighted by Gasteiger charge is 2.26. The van der Waals surface area contributed by atoms with Crippen LogP contribution in [0.5, 0.6) is 23.0 Å². The molecule has 8 heteroatoms. The van der Waals surface area contributed by atoms with Crippen LogP contribution in [0.1, 0.15) is 15.9 Å². The van der Waals surface area contributed by atoms with Gasteiger partial charge < -0.3 is 29.6 Å². The molecule has 0 unspecified atom stereocenters. The molecule has 2 rings (SSSR count). The van der Waals surface area contributed by atoms with Crippen molar-refractivity contribution in [3.8, 4) is 23.0 Å². The Hall–Kier alpha value is -3.06. The number of allylic oxidation sites excluding steroid dienone is 1. The Bertz CT molecular complexity index is 941. The highest BCUT2D eigenvalue weighted by molar-refractivity contribution is 6.47. The lowest BCUT2D eigenvalue weighted by molar-refractivity contribution is 0.103. The van der Waals surface area contributed by atoms with Gasteiger partial charge in [0.15, 0.2) is 11.5 Å². The third-order valence-electron chi connectivity index (χ3n) is 4.28. The molecule has 7 nitrogen and oxygen atoms in total. The number of ketones is 1. The predicted octanol–water partition coefficient (Wildman–Crippen LogP) is 3.83. The number of nitrogens with two attached hydrogens (primary N) is 1. The third-order valence-corrected chi connectivity index (χ3v) is 4.56. The number of halogens is 1. The fraction of sp³-hybridized carbons (Fsp3) is 0.286. The Labute approximate surface area is 175 Å². The maximum absolute atomic E-state index is 13.1. The Kier molecular flexibility index (Phi) is 7.23. The molecule has 0 saturated heterocycles. The number of rotatable bonds is 8. The van der Waals surface area contributed by atoms with Crippen molar-refractivity contribution in [2.75, 3.05) is 53.2 Å². The fourth-order valence-electron chi connectivity index (χ4n) is 2.91. The summed E-state index contributed by atoms with van der Waals surface area (Å²) in [4.78, 5) is 15.0. The SMILES string of the molecule is COc1cc(C(=O)C(Cl)=Cc2ccc(N(C)C)c(N)c2)c(OC)c(OC)c1OC. The van der Waals surface area contributed by atoms with E-state index in [0.717, 1.165) is 5.69 Å². The number of methoxy groups -OCH3 is 4. The topological polar surface area (TPSA) is 83.3 Å². The molecule has 0 aliphatic carbocycles. The average Bonchev–Trinajstić information content (AvgIpc) is 2.70. The standard InChI is InChI=1S/C21H25ClN2O5/c1-24(2)16-8-7-12(10-15(16)23)9-14(22)18(25)13-11-17(26-3)20(28-5)21(29-6)19(13)27-4/h7-11H,23H2,1-6H3. The highest BCUT2D eigenvalue weighted by atomic mass is 35.5. The first-order valence-electron chi connectivity index (χ1n) is 8.64. The van der Waals surface area contributed by atoms with Crippen molar-refractivity contribution < 1.29 is 23.7 Å². The number of anilines is 2. The van der Waals surface area contributed by atoms with Crippen molar-refractivity contribution in [2.45, 2.75) is 0 Å². The van der Waals surface area contributed by atoms with Crippen molar-refractivity contribution in [3.05, 3.63) is 40.4 Å². The van der Waals surface area contributed by atoms with Crippen molar-refractivity contribution >= 4 is 34.8 Å². The molecule has 2 aromatic carbocycles. The van der Waals surface area contributed by atoms with E-state index in [2.05, 4.69) is 0 Å². The Balaban J connectivity index is 2.53. The molecule has 2 N–H and O–H groups in total. The maximum atomic E-state index is 13.1. The summed E-state index contributed by atoms with van der Waals surface area (Å²) >= 11 is 6.34. The largest absolute Gasteiger partial charge is 0.493 e. The number of ether oxygens (including phenoxy) is 4. The first-order valence-corrected chi connectivity index (χ1v) is 9.02. The van der Waals surface area contributed by atoms with E-state index in [0.29, 0.717) is 22.7 Å². The molecule has 0 fully saturated rings. The fourth-order valence-corrected chi connectivity index (χ4v) is 3.14. The molecule has 0 spiro atoms. The van der Waals surface area contributed by atoms with Crippen LogP contribution in [0.15, 0.2) is 29.3 Å². The molecule has 156 valence electrons. The normalized spacial score (nSPS) is 11.1. The van der Waals surface area contributed by atoms with Gasteiger partial charge in [-0.05, 0) is 29.8 Å². The minimum Gasteiger partial charge on any atom is -0.493 e. The summed E-state index contributed by atoms with van der Waals surface area (Å²) in [5.74, 6) is 0.608. The van der Waals surface area contributed by atoms with Gasteiger partial charge in [-0.3, -0.25) is 4.79 Å². The van der Waals surface area contributed by atoms with E-state index in [1.54, 1.807) is 12.1 Å². The van der Waals surface area contributed by atoms with Crippen LogP contribution in [0.4, 0.5) is 11.4 Å². The van der Waals surface area contributed by atoms with Gasteiger partial charge in [-0.25, -0.2) is 0 Å². The van der Waals surface area contributed by atoms with Crippen LogP contribution in [-0.4, -0.2) is 48.3 Å². The summed E-state index contributed by atoms with van der Waals surface area (Å²) in [6, 6.07) is 6.93. The van der Waals surface area contributed by atoms with Crippen LogP contribution < -0.4 is 29.6 Å². The van der Waals surface area contributed by atoms with Gasteiger partial charge in [-0.2, -0.15) is 0 Å². The molecule has 0 saturated carbocycles. The van der Waals surface area contributed by atoms with E-state index in [4.69, 9.17) is 36.3 Å². The number of benzene rings is 2. The van der Waals surface area contributed by atoms with Crippen molar-refractivity contribution in [3.63, 3.8) is 0 Å². The van der Waals surface area contributed by atoms with Gasteiger partial charge in [-0.1, -0.05) is 17.7 Å². The molecule has 0 aromatic heterocycles. The quantitative estimate of drug-likeness (QED) is 0.394. The molecular formula is C21H25ClN2O5. The molecule has 2 aromatic rings. The van der Waals surface area contributed by atoms with Crippen LogP contribution in [0.25, 0.3) is 6.08 Å². The molecule has 0 aliphatic rings. The van der Waals surface area contributed by atoms with E-state index in [1.807, 2.05) is 31.1 Å². The molecule has 0 amide bonds. The van der Waals surface area contributed by atoms with Gasteiger partial charge >= 0.3 is 0 Å². The number of hydrogen-bond donors (Lipinski definition) is 1. The Morgan fingerprint density at radius 1 is 0.966 bits per heavy atom. The van der Waals surface area contributed by atoms with Gasteiger partial charge in [0, 0.05) is 14.1 Å². The van der Waals surface area contributed by atoms with E-state index in [9.17, 15) is 4.79 Å². The average molecular weight is 421 g/mol. The zero-order valence-electron chi connectivity index (χ0n) is 17.3. The van der Waals surface area contributed by atoms with Gasteiger partial charge in [0.2, 0.25) is 17.3 Å². The zero-order chi connectivity index (χ0) is 21.7. The predicted molar refractivity (Wildman–Crippen MR) is 116 cm³/mol. The minimum atomic E-state index is -0.460. The zero-order valence-corrected chi connectivity index (χ0v) is 18.1. The number of hydrogen-bond acceptors (Lipinski definition) is 7. The highest BCUT2D eigenvalue weighted by Crippen LogP contribution is 2.47. The molecular weight excluding hydrogens is 396 g/mol. The van der Waals surface area contributed by atoms with Gasteiger partial charge in [0.05, 0.1) is 50.4 Å². The summed E-state index contributed by atoms with van der Waals surface area (Å²) < 4.78 is 21.4. The first-order chi connectivity index (χ1) is 13.8. The second-order valence-electron chi connectivity index (χ2n) is 6.26. The monoisotopic (exact) mass is 420 g/mol. The second-order valence-corrected chi connectivity index (χ2v) is 6.67. The van der Waals surface area contributed by atoms with Crippen LogP contribution in [-0.2, 0) is 0 Å². The minimum absolute atomic E-state index is 0.0189. The van der Waals surface area contributed by atoms with E-state index in [1.165, 1.54) is 34.5 Å². The smallest absolute Gasteiger partial charge is 0.208 e. The van der Waals surface area contributed by atoms with E-state index < -0.39 is 5.78 Å². The van der Waals surface area contributed by atoms with E-state index in [-0.39, 0.29) is 22.1 Å². The molecule has 0 bridgehead atoms. The van der Waals surface area contributed by atoms with Gasteiger partial charge in [0.25, 0.3) is 0 Å². The van der Waals surface area contributed by atoms with Crippen LogP contribution >= 0.6 is 11.6 Å². The van der Waals surface area contributed by atoms with Gasteiger partial charge in [0.1, 0.15) is 0 Å². The number of nitrogens with zero attached hydrogens (tertiary/aromatic N) is 1. The number of carbonyl (C=O) groups excluding carboxylic acids is 1. The summed E-state index contributed by atoms with van der Waals surface area (Å²) in [5, 5.41) is -0.0189. The van der Waals surface area contributed by atoms with Crippen LogP contribution in [0.3, 0.4) is 0 Å². The molecule has 0 atom stereocenters. The second kappa shape index (κ2) is 9.43. The summed E-state index contributed by atoms with van der Waals surface area (Å²) in [6.07, 6.45) is 1.54. The third kappa shape index (κ3) is 4.51. The molecule has 0 heterocycles. The summed E-state index contributed by atoms with van der Waals surface area (Å²) in [6.45, 7) is 0. The van der Waals surface area contributed by atoms with Crippen molar-refractivity contribution in [1.29, 1.82) is 0 Å². The molecule has 29 heavy (non-hydrogen) atoms. The Morgan fingerprint density at radius 2 is 1.59 bits per heavy atom. The Morgan fingerprint density at radius 3 is 2.07 bits per heavy atom. The summed E-state index contributed by atoms with van der Waals surface area (Å²) in [5.41, 5.74) is 8.39.